The number of hydrogen-bond donors (Lipinski definition) is 2. The summed E-state index contributed by atoms with van der Waals surface area (Å²) in [6.07, 6.45) is 0.261. The molecule has 0 spiro atoms. The highest BCUT2D eigenvalue weighted by Crippen LogP contribution is 2.44. The van der Waals surface area contributed by atoms with Crippen LogP contribution in [0.5, 0.6) is 0 Å². The van der Waals surface area contributed by atoms with Gasteiger partial charge in [-0.3, -0.25) is 4.79 Å². The van der Waals surface area contributed by atoms with Gasteiger partial charge in [0.15, 0.2) is 6.29 Å². The molecule has 2 rings (SSSR count). The zero-order chi connectivity index (χ0) is 18.1. The van der Waals surface area contributed by atoms with Gasteiger partial charge in [-0.1, -0.05) is 0 Å². The molecule has 6 heteroatoms. The summed E-state index contributed by atoms with van der Waals surface area (Å²) in [5.41, 5.74) is -0.434. The Bertz CT molecular complexity index is 432. The molecule has 1 saturated heterocycles. The Morgan fingerprint density at radius 1 is 1.25 bits per heavy atom. The largest absolute Gasteiger partial charge is 0.460 e. The van der Waals surface area contributed by atoms with Gasteiger partial charge in [0.25, 0.3) is 0 Å². The number of aliphatic hydroxyl groups is 2. The molecule has 0 aromatic rings. The van der Waals surface area contributed by atoms with Gasteiger partial charge in [-0.2, -0.15) is 0 Å². The summed E-state index contributed by atoms with van der Waals surface area (Å²) in [4.78, 5) is 12.0. The van der Waals surface area contributed by atoms with E-state index in [0.29, 0.717) is 5.92 Å². The molecular formula is C18H32O6. The van der Waals surface area contributed by atoms with Gasteiger partial charge in [-0.15, -0.1) is 0 Å². The number of ether oxygens (including phenoxy) is 3. The maximum Gasteiger partial charge on any atom is 0.309 e. The van der Waals surface area contributed by atoms with Crippen molar-refractivity contribution in [2.24, 2.45) is 11.8 Å². The van der Waals surface area contributed by atoms with E-state index in [9.17, 15) is 15.0 Å². The number of carbonyl (C=O) groups excluding carboxylic acids is 1. The lowest BCUT2D eigenvalue weighted by Crippen LogP contribution is -2.48. The maximum absolute atomic E-state index is 12.0. The van der Waals surface area contributed by atoms with Gasteiger partial charge in [-0.05, 0) is 59.8 Å². The van der Waals surface area contributed by atoms with Crippen molar-refractivity contribution < 1.29 is 29.2 Å². The van der Waals surface area contributed by atoms with E-state index >= 15 is 0 Å². The van der Waals surface area contributed by atoms with Crippen LogP contribution in [-0.2, 0) is 19.0 Å². The first kappa shape index (κ1) is 19.6. The molecule has 1 heterocycles. The quantitative estimate of drug-likeness (QED) is 0.717. The van der Waals surface area contributed by atoms with Crippen molar-refractivity contribution in [3.63, 3.8) is 0 Å². The highest BCUT2D eigenvalue weighted by atomic mass is 16.7. The lowest BCUT2D eigenvalue weighted by atomic mass is 10.0. The first-order valence-corrected chi connectivity index (χ1v) is 8.96. The number of aliphatic hydroxyl groups excluding tert-OH is 2. The van der Waals surface area contributed by atoms with Crippen LogP contribution in [0.15, 0.2) is 0 Å². The molecule has 1 aliphatic carbocycles. The van der Waals surface area contributed by atoms with Crippen molar-refractivity contribution in [3.05, 3.63) is 0 Å². The van der Waals surface area contributed by atoms with Gasteiger partial charge in [0.05, 0.1) is 24.2 Å². The second-order valence-corrected chi connectivity index (χ2v) is 8.24. The van der Waals surface area contributed by atoms with Crippen LogP contribution in [0.1, 0.15) is 60.3 Å². The number of esters is 1. The monoisotopic (exact) mass is 344 g/mol. The topological polar surface area (TPSA) is 85.2 Å². The second-order valence-electron chi connectivity index (χ2n) is 8.24. The Balaban J connectivity index is 1.67. The molecule has 1 saturated carbocycles. The lowest BCUT2D eigenvalue weighted by molar-refractivity contribution is -0.273. The van der Waals surface area contributed by atoms with Crippen LogP contribution in [0.3, 0.4) is 0 Å². The van der Waals surface area contributed by atoms with Crippen LogP contribution in [0, 0.1) is 11.8 Å². The summed E-state index contributed by atoms with van der Waals surface area (Å²) in [5, 5.41) is 19.6. The summed E-state index contributed by atoms with van der Waals surface area (Å²) < 4.78 is 16.7. The van der Waals surface area contributed by atoms with Crippen LogP contribution in [0.25, 0.3) is 0 Å². The molecule has 2 aliphatic rings. The minimum atomic E-state index is -0.811. The molecule has 0 radical (unpaired) electrons. The van der Waals surface area contributed by atoms with Crippen LogP contribution < -0.4 is 0 Å². The first-order valence-electron chi connectivity index (χ1n) is 8.96. The predicted molar refractivity (Wildman–Crippen MR) is 88.2 cm³/mol. The average molecular weight is 344 g/mol. The molecule has 1 unspecified atom stereocenters. The van der Waals surface area contributed by atoms with Gasteiger partial charge < -0.3 is 24.4 Å². The molecule has 2 fully saturated rings. The molecular weight excluding hydrogens is 312 g/mol. The summed E-state index contributed by atoms with van der Waals surface area (Å²) in [6, 6.07) is 0. The van der Waals surface area contributed by atoms with E-state index in [1.807, 2.05) is 27.7 Å². The maximum atomic E-state index is 12.0. The Kier molecular flexibility index (Phi) is 6.29. The minimum Gasteiger partial charge on any atom is -0.460 e. The smallest absolute Gasteiger partial charge is 0.309 e. The molecule has 7 atom stereocenters. The molecule has 0 aromatic carbocycles. The summed E-state index contributed by atoms with van der Waals surface area (Å²) in [5.74, 6) is 0.280. The van der Waals surface area contributed by atoms with Gasteiger partial charge in [0, 0.05) is 6.42 Å². The predicted octanol–water partition coefficient (Wildman–Crippen LogP) is 2.01. The Morgan fingerprint density at radius 3 is 2.54 bits per heavy atom. The van der Waals surface area contributed by atoms with Crippen LogP contribution in [0.2, 0.25) is 0 Å². The van der Waals surface area contributed by atoms with Crippen LogP contribution >= 0.6 is 0 Å². The SMILES string of the molecule is C[C@H](CCC1C[C@@H]1C(=O)OC(C)(C)C)O[C@@H]1O[C@@H](C)[C@H](O)C[C@H]1O. The molecule has 24 heavy (non-hydrogen) atoms. The molecule has 140 valence electrons. The van der Waals surface area contributed by atoms with Crippen molar-refractivity contribution in [2.45, 2.75) is 96.6 Å². The highest BCUT2D eigenvalue weighted by molar-refractivity contribution is 5.76. The summed E-state index contributed by atoms with van der Waals surface area (Å²) in [7, 11) is 0. The van der Waals surface area contributed by atoms with Crippen molar-refractivity contribution in [1.82, 2.24) is 0 Å². The number of hydrogen-bond acceptors (Lipinski definition) is 6. The highest BCUT2D eigenvalue weighted by Gasteiger charge is 2.45. The fourth-order valence-electron chi connectivity index (χ4n) is 3.04. The lowest BCUT2D eigenvalue weighted by Gasteiger charge is -2.36. The first-order chi connectivity index (χ1) is 11.1. The average Bonchev–Trinajstić information content (AvgIpc) is 3.20. The zero-order valence-electron chi connectivity index (χ0n) is 15.4. The van der Waals surface area contributed by atoms with Crippen molar-refractivity contribution in [2.75, 3.05) is 0 Å². The standard InChI is InChI=1S/C18H32O6/c1-10(22-17-15(20)9-14(19)11(2)23-17)6-7-12-8-13(12)16(21)24-18(3,4)5/h10-15,17,19-20H,6-9H2,1-5H3/t10-,11+,12?,13+,14-,15-,17-/m1/s1. The van der Waals surface area contributed by atoms with Crippen LogP contribution in [0.4, 0.5) is 0 Å². The number of rotatable bonds is 6. The third-order valence-electron chi connectivity index (χ3n) is 4.63. The molecule has 0 aromatic heterocycles. The molecule has 0 amide bonds. The van der Waals surface area contributed by atoms with E-state index in [2.05, 4.69) is 0 Å². The molecule has 1 aliphatic heterocycles. The van der Waals surface area contributed by atoms with Gasteiger partial charge in [0.1, 0.15) is 11.7 Å². The summed E-state index contributed by atoms with van der Waals surface area (Å²) >= 11 is 0. The fourth-order valence-corrected chi connectivity index (χ4v) is 3.04. The Hall–Kier alpha value is -0.690. The van der Waals surface area contributed by atoms with E-state index in [1.54, 1.807) is 6.92 Å². The zero-order valence-corrected chi connectivity index (χ0v) is 15.4. The Labute approximate surface area is 144 Å². The third-order valence-corrected chi connectivity index (χ3v) is 4.63. The second kappa shape index (κ2) is 7.68. The molecule has 6 nitrogen and oxygen atoms in total. The van der Waals surface area contributed by atoms with Crippen molar-refractivity contribution >= 4 is 5.97 Å². The van der Waals surface area contributed by atoms with Gasteiger partial charge >= 0.3 is 5.97 Å². The van der Waals surface area contributed by atoms with Gasteiger partial charge in [-0.25, -0.2) is 0 Å². The molecule has 0 bridgehead atoms. The van der Waals surface area contributed by atoms with E-state index in [4.69, 9.17) is 14.2 Å². The minimum absolute atomic E-state index is 0.0168. The molecule has 2 N–H and O–H groups in total. The van der Waals surface area contributed by atoms with Crippen molar-refractivity contribution in [1.29, 1.82) is 0 Å². The van der Waals surface area contributed by atoms with Gasteiger partial charge in [0.2, 0.25) is 0 Å². The number of carbonyl (C=O) groups is 1. The summed E-state index contributed by atoms with van der Waals surface area (Å²) in [6.45, 7) is 9.35. The van der Waals surface area contributed by atoms with E-state index in [-0.39, 0.29) is 30.5 Å². The van der Waals surface area contributed by atoms with E-state index in [0.717, 1.165) is 19.3 Å². The van der Waals surface area contributed by atoms with E-state index < -0.39 is 24.1 Å². The third kappa shape index (κ3) is 5.69. The van der Waals surface area contributed by atoms with E-state index in [1.165, 1.54) is 0 Å². The van der Waals surface area contributed by atoms with Crippen molar-refractivity contribution in [3.8, 4) is 0 Å². The Morgan fingerprint density at radius 2 is 1.92 bits per heavy atom. The van der Waals surface area contributed by atoms with Crippen LogP contribution in [-0.4, -0.2) is 52.5 Å². The fraction of sp³-hybridized carbons (Fsp3) is 0.944. The normalized spacial score (nSPS) is 37.8.